The molecule has 1 aromatic rings. The summed E-state index contributed by atoms with van der Waals surface area (Å²) in [6.07, 6.45) is 3.46. The van der Waals surface area contributed by atoms with Gasteiger partial charge in [0.1, 0.15) is 0 Å². The van der Waals surface area contributed by atoms with Crippen LogP contribution in [-0.4, -0.2) is 47.9 Å². The monoisotopic (exact) mass is 258 g/mol. The zero-order valence-corrected chi connectivity index (χ0v) is 11.2. The molecule has 1 aliphatic rings. The summed E-state index contributed by atoms with van der Waals surface area (Å²) in [7, 11) is -0.230. The van der Waals surface area contributed by atoms with E-state index in [9.17, 15) is 8.42 Å². The first-order valence-electron chi connectivity index (χ1n) is 5.63. The Hall–Kier alpha value is -0.920. The third-order valence-electron chi connectivity index (χ3n) is 3.16. The van der Waals surface area contributed by atoms with Crippen LogP contribution in [0.1, 0.15) is 30.1 Å². The zero-order valence-electron chi connectivity index (χ0n) is 10.3. The van der Waals surface area contributed by atoms with Crippen LogP contribution >= 0.6 is 0 Å². The highest BCUT2D eigenvalue weighted by Gasteiger charge is 2.37. The number of nitrogens with zero attached hydrogens (tertiary/aromatic N) is 3. The van der Waals surface area contributed by atoms with Gasteiger partial charge >= 0.3 is 0 Å². The SMILES string of the molecule is Cc1cn[nH]c1[C@@H]1CCCN1S(=O)(=O)N(C)C. The fourth-order valence-corrected chi connectivity index (χ4v) is 3.52. The van der Waals surface area contributed by atoms with Crippen LogP contribution in [0, 0.1) is 6.92 Å². The highest BCUT2D eigenvalue weighted by molar-refractivity contribution is 7.86. The Labute approximate surface area is 102 Å². The Morgan fingerprint density at radius 1 is 1.53 bits per heavy atom. The molecule has 0 aliphatic carbocycles. The molecule has 96 valence electrons. The normalized spacial score (nSPS) is 22.5. The van der Waals surface area contributed by atoms with Crippen LogP contribution in [0.2, 0.25) is 0 Å². The van der Waals surface area contributed by atoms with Gasteiger partial charge in [0.05, 0.1) is 17.9 Å². The Morgan fingerprint density at radius 3 is 2.76 bits per heavy atom. The van der Waals surface area contributed by atoms with Crippen LogP contribution in [0.15, 0.2) is 6.20 Å². The number of aryl methyl sites for hydroxylation is 1. The Kier molecular flexibility index (Phi) is 3.24. The van der Waals surface area contributed by atoms with Crippen LogP contribution in [-0.2, 0) is 10.2 Å². The molecule has 7 heteroatoms. The van der Waals surface area contributed by atoms with Crippen molar-refractivity contribution in [3.8, 4) is 0 Å². The van der Waals surface area contributed by atoms with Crippen LogP contribution < -0.4 is 0 Å². The van der Waals surface area contributed by atoms with E-state index in [1.807, 2.05) is 6.92 Å². The molecule has 0 amide bonds. The number of hydrogen-bond donors (Lipinski definition) is 1. The lowest BCUT2D eigenvalue weighted by molar-refractivity contribution is 0.357. The second-order valence-corrected chi connectivity index (χ2v) is 6.62. The van der Waals surface area contributed by atoms with E-state index in [0.717, 1.165) is 24.1 Å². The third kappa shape index (κ3) is 2.10. The van der Waals surface area contributed by atoms with Crippen LogP contribution in [0.5, 0.6) is 0 Å². The van der Waals surface area contributed by atoms with E-state index in [4.69, 9.17) is 0 Å². The van der Waals surface area contributed by atoms with Gasteiger partial charge in [-0.25, -0.2) is 0 Å². The predicted octanol–water partition coefficient (Wildman–Crippen LogP) is 0.661. The summed E-state index contributed by atoms with van der Waals surface area (Å²) in [5.41, 5.74) is 1.92. The minimum Gasteiger partial charge on any atom is -0.281 e. The maximum absolute atomic E-state index is 12.2. The standard InChI is InChI=1S/C10H18N4O2S/c1-8-7-11-12-10(8)9-5-4-6-14(9)17(15,16)13(2)3/h7,9H,4-6H2,1-3H3,(H,11,12)/t9-/m0/s1. The summed E-state index contributed by atoms with van der Waals surface area (Å²) in [6, 6.07) is -0.107. The average molecular weight is 258 g/mol. The van der Waals surface area contributed by atoms with Gasteiger partial charge in [-0.3, -0.25) is 5.10 Å². The first-order valence-corrected chi connectivity index (χ1v) is 7.03. The molecule has 6 nitrogen and oxygen atoms in total. The Bertz CT molecular complexity index is 494. The van der Waals surface area contributed by atoms with Crippen molar-refractivity contribution in [1.82, 2.24) is 18.8 Å². The van der Waals surface area contributed by atoms with E-state index in [1.54, 1.807) is 24.6 Å². The summed E-state index contributed by atoms with van der Waals surface area (Å²) in [4.78, 5) is 0. The van der Waals surface area contributed by atoms with Crippen molar-refractivity contribution in [3.05, 3.63) is 17.5 Å². The number of hydrogen-bond acceptors (Lipinski definition) is 3. The van der Waals surface area contributed by atoms with Gasteiger partial charge in [-0.1, -0.05) is 0 Å². The molecule has 0 unspecified atom stereocenters. The third-order valence-corrected chi connectivity index (χ3v) is 5.12. The average Bonchev–Trinajstić information content (AvgIpc) is 2.84. The van der Waals surface area contributed by atoms with Gasteiger partial charge in [-0.2, -0.15) is 22.1 Å². The molecule has 1 aromatic heterocycles. The highest BCUT2D eigenvalue weighted by atomic mass is 32.2. The van der Waals surface area contributed by atoms with Crippen molar-refractivity contribution in [3.63, 3.8) is 0 Å². The van der Waals surface area contributed by atoms with E-state index >= 15 is 0 Å². The van der Waals surface area contributed by atoms with Crippen molar-refractivity contribution in [1.29, 1.82) is 0 Å². The molecular formula is C10H18N4O2S. The molecule has 0 spiro atoms. The topological polar surface area (TPSA) is 69.3 Å². The van der Waals surface area contributed by atoms with E-state index in [1.165, 1.54) is 4.31 Å². The number of H-pyrrole nitrogens is 1. The largest absolute Gasteiger partial charge is 0.282 e. The molecule has 1 N–H and O–H groups in total. The van der Waals surface area contributed by atoms with E-state index in [2.05, 4.69) is 10.2 Å². The summed E-state index contributed by atoms with van der Waals surface area (Å²) >= 11 is 0. The Balaban J connectivity index is 2.34. The second-order valence-electron chi connectivity index (χ2n) is 4.53. The molecule has 1 aliphatic heterocycles. The minimum atomic E-state index is -3.35. The molecule has 2 heterocycles. The maximum Gasteiger partial charge on any atom is 0.282 e. The molecule has 1 atom stereocenters. The molecule has 1 fully saturated rings. The highest BCUT2D eigenvalue weighted by Crippen LogP contribution is 2.34. The lowest BCUT2D eigenvalue weighted by atomic mass is 10.1. The van der Waals surface area contributed by atoms with Gasteiger partial charge in [0.25, 0.3) is 10.2 Å². The summed E-state index contributed by atoms with van der Waals surface area (Å²) in [5, 5.41) is 6.88. The van der Waals surface area contributed by atoms with E-state index in [-0.39, 0.29) is 6.04 Å². The van der Waals surface area contributed by atoms with E-state index < -0.39 is 10.2 Å². The lowest BCUT2D eigenvalue weighted by Gasteiger charge is -2.26. The fourth-order valence-electron chi connectivity index (χ4n) is 2.21. The van der Waals surface area contributed by atoms with E-state index in [0.29, 0.717) is 6.54 Å². The van der Waals surface area contributed by atoms with Crippen molar-refractivity contribution >= 4 is 10.2 Å². The minimum absolute atomic E-state index is 0.107. The smallest absolute Gasteiger partial charge is 0.281 e. The lowest BCUT2D eigenvalue weighted by Crippen LogP contribution is -2.39. The van der Waals surface area contributed by atoms with Gasteiger partial charge in [-0.05, 0) is 25.3 Å². The molecular weight excluding hydrogens is 240 g/mol. The number of nitrogens with one attached hydrogen (secondary N) is 1. The van der Waals surface area contributed by atoms with Crippen LogP contribution in [0.3, 0.4) is 0 Å². The molecule has 0 saturated carbocycles. The molecule has 1 saturated heterocycles. The number of aromatic nitrogens is 2. The summed E-state index contributed by atoms with van der Waals surface area (Å²) < 4.78 is 27.1. The van der Waals surface area contributed by atoms with Gasteiger partial charge in [-0.15, -0.1) is 0 Å². The first-order chi connectivity index (χ1) is 7.94. The Morgan fingerprint density at radius 2 is 2.24 bits per heavy atom. The van der Waals surface area contributed by atoms with Crippen LogP contribution in [0.25, 0.3) is 0 Å². The fraction of sp³-hybridized carbons (Fsp3) is 0.700. The number of aromatic amines is 1. The quantitative estimate of drug-likeness (QED) is 0.866. The van der Waals surface area contributed by atoms with Gasteiger partial charge in [0.15, 0.2) is 0 Å². The molecule has 0 radical (unpaired) electrons. The second kappa shape index (κ2) is 4.40. The van der Waals surface area contributed by atoms with Crippen LogP contribution in [0.4, 0.5) is 0 Å². The van der Waals surface area contributed by atoms with Gasteiger partial charge in [0, 0.05) is 20.6 Å². The summed E-state index contributed by atoms with van der Waals surface area (Å²) in [6.45, 7) is 2.52. The van der Waals surface area contributed by atoms with Gasteiger partial charge in [0.2, 0.25) is 0 Å². The molecule has 0 bridgehead atoms. The molecule has 0 aromatic carbocycles. The van der Waals surface area contributed by atoms with Gasteiger partial charge < -0.3 is 0 Å². The zero-order chi connectivity index (χ0) is 12.6. The summed E-state index contributed by atoms with van der Waals surface area (Å²) in [5.74, 6) is 0. The number of rotatable bonds is 3. The maximum atomic E-state index is 12.2. The van der Waals surface area contributed by atoms with Crippen molar-refractivity contribution in [2.24, 2.45) is 0 Å². The predicted molar refractivity (Wildman–Crippen MR) is 64.6 cm³/mol. The molecule has 17 heavy (non-hydrogen) atoms. The first kappa shape index (κ1) is 12.5. The van der Waals surface area contributed by atoms with Crippen molar-refractivity contribution in [2.45, 2.75) is 25.8 Å². The molecule has 2 rings (SSSR count). The van der Waals surface area contributed by atoms with Crippen molar-refractivity contribution < 1.29 is 8.42 Å². The van der Waals surface area contributed by atoms with Crippen molar-refractivity contribution in [2.75, 3.05) is 20.6 Å².